The molecule has 1 aromatic rings. The molecule has 18 heavy (non-hydrogen) atoms. The van der Waals surface area contributed by atoms with Crippen LogP contribution in [0.2, 0.25) is 0 Å². The zero-order valence-electron chi connectivity index (χ0n) is 10.8. The van der Waals surface area contributed by atoms with Gasteiger partial charge in [0.05, 0.1) is 12.1 Å². The molecule has 1 rings (SSSR count). The molecule has 0 aromatic carbocycles. The van der Waals surface area contributed by atoms with Crippen LogP contribution in [0.1, 0.15) is 25.1 Å². The van der Waals surface area contributed by atoms with E-state index in [1.807, 2.05) is 26.8 Å². The molecule has 0 aliphatic rings. The Kier molecular flexibility index (Phi) is 5.03. The predicted octanol–water partition coefficient (Wildman–Crippen LogP) is 0.961. The maximum absolute atomic E-state index is 11.5. The van der Waals surface area contributed by atoms with Gasteiger partial charge in [-0.15, -0.1) is 0 Å². The van der Waals surface area contributed by atoms with Crippen molar-refractivity contribution < 1.29 is 4.79 Å². The van der Waals surface area contributed by atoms with E-state index >= 15 is 0 Å². The Morgan fingerprint density at radius 1 is 1.50 bits per heavy atom. The average Bonchev–Trinajstić information content (AvgIpc) is 2.25. The second-order valence-electron chi connectivity index (χ2n) is 4.29. The first-order valence-corrected chi connectivity index (χ1v) is 6.11. The van der Waals surface area contributed by atoms with Crippen molar-refractivity contribution in [2.45, 2.75) is 26.8 Å². The molecule has 0 saturated heterocycles. The number of thiocarbonyl (C=S) groups is 1. The molecule has 4 N–H and O–H groups in total. The smallest absolute Gasteiger partial charge is 0.239 e. The monoisotopic (exact) mass is 266 g/mol. The summed E-state index contributed by atoms with van der Waals surface area (Å²) in [5.74, 6) is 0.448. The number of carbonyl (C=O) groups is 1. The molecule has 0 aliphatic heterocycles. The molecule has 1 amide bonds. The number of aryl methyl sites for hydroxylation is 1. The number of nitrogens with two attached hydrogens (primary N) is 1. The van der Waals surface area contributed by atoms with Crippen molar-refractivity contribution >= 4 is 28.9 Å². The van der Waals surface area contributed by atoms with E-state index in [0.29, 0.717) is 11.4 Å². The van der Waals surface area contributed by atoms with E-state index in [4.69, 9.17) is 18.0 Å². The van der Waals surface area contributed by atoms with Gasteiger partial charge in [0.15, 0.2) is 0 Å². The van der Waals surface area contributed by atoms with Gasteiger partial charge < -0.3 is 16.4 Å². The number of carbonyl (C=O) groups excluding carboxylic acids is 1. The number of aromatic nitrogens is 1. The minimum Gasteiger partial charge on any atom is -0.389 e. The third kappa shape index (κ3) is 4.29. The summed E-state index contributed by atoms with van der Waals surface area (Å²) < 4.78 is 0. The lowest BCUT2D eigenvalue weighted by Crippen LogP contribution is -2.35. The van der Waals surface area contributed by atoms with E-state index in [0.717, 1.165) is 5.69 Å². The first-order chi connectivity index (χ1) is 8.40. The molecule has 0 spiro atoms. The fourth-order valence-corrected chi connectivity index (χ4v) is 1.59. The maximum atomic E-state index is 11.5. The summed E-state index contributed by atoms with van der Waals surface area (Å²) in [7, 11) is 0. The quantitative estimate of drug-likeness (QED) is 0.692. The van der Waals surface area contributed by atoms with Crippen molar-refractivity contribution in [1.82, 2.24) is 10.3 Å². The van der Waals surface area contributed by atoms with Gasteiger partial charge in [0.2, 0.25) is 5.91 Å². The highest BCUT2D eigenvalue weighted by Crippen LogP contribution is 2.12. The molecule has 0 bridgehead atoms. The SMILES string of the molecule is Cc1ccc(C(N)=S)c(NCC(=O)NC(C)C)n1. The van der Waals surface area contributed by atoms with Crippen LogP contribution in [0.5, 0.6) is 0 Å². The molecule has 0 atom stereocenters. The van der Waals surface area contributed by atoms with Gasteiger partial charge in [0.25, 0.3) is 0 Å². The lowest BCUT2D eigenvalue weighted by molar-refractivity contribution is -0.119. The molecule has 98 valence electrons. The number of rotatable bonds is 5. The van der Waals surface area contributed by atoms with E-state index in [2.05, 4.69) is 15.6 Å². The van der Waals surface area contributed by atoms with Gasteiger partial charge >= 0.3 is 0 Å². The summed E-state index contributed by atoms with van der Waals surface area (Å²) in [5, 5.41) is 5.73. The predicted molar refractivity (Wildman–Crippen MR) is 76.6 cm³/mol. The average molecular weight is 266 g/mol. The van der Waals surface area contributed by atoms with Crippen LogP contribution < -0.4 is 16.4 Å². The summed E-state index contributed by atoms with van der Waals surface area (Å²) in [6.07, 6.45) is 0. The summed E-state index contributed by atoms with van der Waals surface area (Å²) >= 11 is 4.94. The Bertz CT molecular complexity index is 459. The summed E-state index contributed by atoms with van der Waals surface area (Å²) in [4.78, 5) is 16.1. The number of hydrogen-bond acceptors (Lipinski definition) is 4. The minimum absolute atomic E-state index is 0.0952. The summed E-state index contributed by atoms with van der Waals surface area (Å²) in [6.45, 7) is 5.82. The Balaban J connectivity index is 2.74. The van der Waals surface area contributed by atoms with E-state index in [1.165, 1.54) is 0 Å². The summed E-state index contributed by atoms with van der Waals surface area (Å²) in [6, 6.07) is 3.74. The van der Waals surface area contributed by atoms with E-state index in [-0.39, 0.29) is 23.5 Å². The Morgan fingerprint density at radius 3 is 2.72 bits per heavy atom. The molecule has 6 heteroatoms. The van der Waals surface area contributed by atoms with Gasteiger partial charge in [-0.05, 0) is 32.9 Å². The molecule has 0 aliphatic carbocycles. The third-order valence-corrected chi connectivity index (χ3v) is 2.39. The van der Waals surface area contributed by atoms with Crippen molar-refractivity contribution in [3.8, 4) is 0 Å². The number of hydrogen-bond donors (Lipinski definition) is 3. The molecule has 0 saturated carbocycles. The van der Waals surface area contributed by atoms with Crippen molar-refractivity contribution in [2.75, 3.05) is 11.9 Å². The number of anilines is 1. The number of nitrogens with zero attached hydrogens (tertiary/aromatic N) is 1. The fourth-order valence-electron chi connectivity index (χ4n) is 1.43. The minimum atomic E-state index is -0.0952. The highest BCUT2D eigenvalue weighted by molar-refractivity contribution is 7.80. The Labute approximate surface area is 112 Å². The largest absolute Gasteiger partial charge is 0.389 e. The van der Waals surface area contributed by atoms with Crippen LogP contribution in [0.25, 0.3) is 0 Å². The lowest BCUT2D eigenvalue weighted by Gasteiger charge is -2.12. The van der Waals surface area contributed by atoms with Crippen molar-refractivity contribution in [2.24, 2.45) is 5.73 Å². The maximum Gasteiger partial charge on any atom is 0.239 e. The lowest BCUT2D eigenvalue weighted by atomic mass is 10.2. The molecule has 5 nitrogen and oxygen atoms in total. The van der Waals surface area contributed by atoms with Gasteiger partial charge in [-0.2, -0.15) is 0 Å². The number of nitrogens with one attached hydrogen (secondary N) is 2. The van der Waals surface area contributed by atoms with E-state index < -0.39 is 0 Å². The zero-order valence-corrected chi connectivity index (χ0v) is 11.6. The van der Waals surface area contributed by atoms with Crippen LogP contribution in [-0.2, 0) is 4.79 Å². The van der Waals surface area contributed by atoms with Crippen LogP contribution in [0.4, 0.5) is 5.82 Å². The molecular formula is C12H18N4OS. The highest BCUT2D eigenvalue weighted by atomic mass is 32.1. The van der Waals surface area contributed by atoms with Crippen molar-refractivity contribution in [3.05, 3.63) is 23.4 Å². The van der Waals surface area contributed by atoms with E-state index in [1.54, 1.807) is 6.07 Å². The standard InChI is InChI=1S/C12H18N4OS/c1-7(2)15-10(17)6-14-12-9(11(13)18)5-4-8(3)16-12/h4-5,7H,6H2,1-3H3,(H2,13,18)(H,14,16)(H,15,17). The van der Waals surface area contributed by atoms with Gasteiger partial charge in [-0.3, -0.25) is 4.79 Å². The highest BCUT2D eigenvalue weighted by Gasteiger charge is 2.09. The van der Waals surface area contributed by atoms with Gasteiger partial charge in [0, 0.05) is 11.7 Å². The molecule has 0 unspecified atom stereocenters. The second kappa shape index (κ2) is 6.30. The van der Waals surface area contributed by atoms with Gasteiger partial charge in [-0.25, -0.2) is 4.98 Å². The van der Waals surface area contributed by atoms with Crippen LogP contribution >= 0.6 is 12.2 Å². The van der Waals surface area contributed by atoms with Crippen LogP contribution in [0, 0.1) is 6.92 Å². The fraction of sp³-hybridized carbons (Fsp3) is 0.417. The molecule has 1 heterocycles. The zero-order chi connectivity index (χ0) is 13.7. The second-order valence-corrected chi connectivity index (χ2v) is 4.73. The van der Waals surface area contributed by atoms with Crippen LogP contribution in [0.15, 0.2) is 12.1 Å². The molecule has 0 radical (unpaired) electrons. The number of amides is 1. The first-order valence-electron chi connectivity index (χ1n) is 5.71. The van der Waals surface area contributed by atoms with Crippen LogP contribution in [0.3, 0.4) is 0 Å². The van der Waals surface area contributed by atoms with Gasteiger partial charge in [-0.1, -0.05) is 12.2 Å². The van der Waals surface area contributed by atoms with Crippen molar-refractivity contribution in [1.29, 1.82) is 0 Å². The molecular weight excluding hydrogens is 248 g/mol. The van der Waals surface area contributed by atoms with Crippen molar-refractivity contribution in [3.63, 3.8) is 0 Å². The van der Waals surface area contributed by atoms with E-state index in [9.17, 15) is 4.79 Å². The third-order valence-electron chi connectivity index (χ3n) is 2.17. The first kappa shape index (κ1) is 14.4. The normalized spacial score (nSPS) is 10.2. The topological polar surface area (TPSA) is 80.0 Å². The molecule has 1 aromatic heterocycles. The Hall–Kier alpha value is -1.69. The molecule has 0 fully saturated rings. The Morgan fingerprint density at radius 2 is 2.17 bits per heavy atom. The van der Waals surface area contributed by atoms with Crippen LogP contribution in [-0.4, -0.2) is 28.5 Å². The number of pyridine rings is 1. The van der Waals surface area contributed by atoms with Gasteiger partial charge in [0.1, 0.15) is 10.8 Å². The summed E-state index contributed by atoms with van der Waals surface area (Å²) in [5.41, 5.74) is 7.08.